The third kappa shape index (κ3) is 2.72. The van der Waals surface area contributed by atoms with Gasteiger partial charge in [-0.3, -0.25) is 9.58 Å². The highest BCUT2D eigenvalue weighted by Gasteiger charge is 2.29. The molecule has 0 radical (unpaired) electrons. The summed E-state index contributed by atoms with van der Waals surface area (Å²) in [5.74, 6) is 0. The van der Waals surface area contributed by atoms with Crippen LogP contribution in [0, 0.1) is 0 Å². The molecule has 1 aliphatic heterocycles. The SMILES string of the molecule is CC(C)(C)c1nc(CN2CC(n3cccn3)C2)cs1. The van der Waals surface area contributed by atoms with E-state index in [1.807, 2.05) is 18.5 Å². The molecule has 2 aromatic rings. The monoisotopic (exact) mass is 276 g/mol. The largest absolute Gasteiger partial charge is 0.293 e. The second-order valence-corrected chi connectivity index (χ2v) is 7.09. The van der Waals surface area contributed by atoms with Crippen LogP contribution >= 0.6 is 11.3 Å². The van der Waals surface area contributed by atoms with E-state index in [1.54, 1.807) is 11.3 Å². The number of nitrogens with zero attached hydrogens (tertiary/aromatic N) is 4. The summed E-state index contributed by atoms with van der Waals surface area (Å²) in [6, 6.07) is 2.52. The molecule has 5 heteroatoms. The van der Waals surface area contributed by atoms with Crippen molar-refractivity contribution < 1.29 is 0 Å². The van der Waals surface area contributed by atoms with Gasteiger partial charge < -0.3 is 0 Å². The topological polar surface area (TPSA) is 34.0 Å². The summed E-state index contributed by atoms with van der Waals surface area (Å²) >= 11 is 1.78. The minimum atomic E-state index is 0.162. The van der Waals surface area contributed by atoms with Crippen LogP contribution in [0.15, 0.2) is 23.8 Å². The van der Waals surface area contributed by atoms with Crippen LogP contribution in [0.5, 0.6) is 0 Å². The summed E-state index contributed by atoms with van der Waals surface area (Å²) in [6.45, 7) is 9.76. The molecule has 0 bridgehead atoms. The molecule has 0 amide bonds. The third-order valence-electron chi connectivity index (χ3n) is 3.42. The molecule has 3 rings (SSSR count). The van der Waals surface area contributed by atoms with Crippen LogP contribution in [-0.2, 0) is 12.0 Å². The van der Waals surface area contributed by atoms with E-state index in [1.165, 1.54) is 10.7 Å². The molecule has 0 atom stereocenters. The summed E-state index contributed by atoms with van der Waals surface area (Å²) < 4.78 is 2.05. The smallest absolute Gasteiger partial charge is 0.0982 e. The zero-order valence-electron chi connectivity index (χ0n) is 11.7. The van der Waals surface area contributed by atoms with E-state index in [-0.39, 0.29) is 5.41 Å². The highest BCUT2D eigenvalue weighted by Crippen LogP contribution is 2.27. The Morgan fingerprint density at radius 1 is 1.37 bits per heavy atom. The maximum absolute atomic E-state index is 4.75. The fourth-order valence-electron chi connectivity index (χ4n) is 2.29. The minimum Gasteiger partial charge on any atom is -0.293 e. The van der Waals surface area contributed by atoms with Gasteiger partial charge in [-0.05, 0) is 6.07 Å². The van der Waals surface area contributed by atoms with Crippen molar-refractivity contribution in [3.63, 3.8) is 0 Å². The Balaban J connectivity index is 1.55. The first-order valence-corrected chi connectivity index (χ1v) is 7.57. The molecule has 0 unspecified atom stereocenters. The molecule has 1 fully saturated rings. The van der Waals surface area contributed by atoms with E-state index >= 15 is 0 Å². The van der Waals surface area contributed by atoms with Gasteiger partial charge >= 0.3 is 0 Å². The van der Waals surface area contributed by atoms with Gasteiger partial charge in [0.25, 0.3) is 0 Å². The van der Waals surface area contributed by atoms with Crippen LogP contribution in [0.1, 0.15) is 37.5 Å². The molecular formula is C14H20N4S. The van der Waals surface area contributed by atoms with Crippen molar-refractivity contribution in [2.75, 3.05) is 13.1 Å². The van der Waals surface area contributed by atoms with E-state index < -0.39 is 0 Å². The number of hydrogen-bond acceptors (Lipinski definition) is 4. The predicted molar refractivity (Wildman–Crippen MR) is 77.4 cm³/mol. The first-order chi connectivity index (χ1) is 9.02. The number of rotatable bonds is 3. The van der Waals surface area contributed by atoms with Gasteiger partial charge in [-0.25, -0.2) is 4.98 Å². The summed E-state index contributed by atoms with van der Waals surface area (Å²) in [7, 11) is 0. The lowest BCUT2D eigenvalue weighted by Crippen LogP contribution is -2.47. The van der Waals surface area contributed by atoms with Crippen LogP contribution in [0.3, 0.4) is 0 Å². The van der Waals surface area contributed by atoms with Gasteiger partial charge in [0.05, 0.1) is 16.7 Å². The van der Waals surface area contributed by atoms with E-state index in [0.717, 1.165) is 19.6 Å². The van der Waals surface area contributed by atoms with Crippen molar-refractivity contribution in [2.24, 2.45) is 0 Å². The molecule has 3 heterocycles. The highest BCUT2D eigenvalue weighted by atomic mass is 32.1. The Morgan fingerprint density at radius 2 is 2.16 bits per heavy atom. The molecule has 0 saturated carbocycles. The van der Waals surface area contributed by atoms with Gasteiger partial charge in [-0.2, -0.15) is 5.10 Å². The normalized spacial score (nSPS) is 17.6. The second-order valence-electron chi connectivity index (χ2n) is 6.23. The zero-order chi connectivity index (χ0) is 13.5. The maximum Gasteiger partial charge on any atom is 0.0982 e. The van der Waals surface area contributed by atoms with Gasteiger partial charge in [-0.1, -0.05) is 20.8 Å². The van der Waals surface area contributed by atoms with E-state index in [0.29, 0.717) is 6.04 Å². The van der Waals surface area contributed by atoms with Crippen molar-refractivity contribution in [3.8, 4) is 0 Å². The van der Waals surface area contributed by atoms with E-state index in [9.17, 15) is 0 Å². The molecule has 102 valence electrons. The first-order valence-electron chi connectivity index (χ1n) is 6.69. The van der Waals surface area contributed by atoms with Crippen molar-refractivity contribution in [1.82, 2.24) is 19.7 Å². The molecule has 19 heavy (non-hydrogen) atoms. The molecule has 1 saturated heterocycles. The fourth-order valence-corrected chi connectivity index (χ4v) is 3.19. The molecule has 1 aliphatic rings. The van der Waals surface area contributed by atoms with Crippen LogP contribution in [0.2, 0.25) is 0 Å². The molecule has 0 N–H and O–H groups in total. The third-order valence-corrected chi connectivity index (χ3v) is 4.73. The highest BCUT2D eigenvalue weighted by molar-refractivity contribution is 7.09. The van der Waals surface area contributed by atoms with Crippen LogP contribution in [-0.4, -0.2) is 32.8 Å². The Hall–Kier alpha value is -1.20. The van der Waals surface area contributed by atoms with Crippen molar-refractivity contribution in [3.05, 3.63) is 34.5 Å². The molecular weight excluding hydrogens is 256 g/mol. The molecule has 0 aliphatic carbocycles. The van der Waals surface area contributed by atoms with Gasteiger partial charge in [0, 0.05) is 42.8 Å². The quantitative estimate of drug-likeness (QED) is 0.864. The molecule has 2 aromatic heterocycles. The average Bonchev–Trinajstić information content (AvgIpc) is 2.93. The van der Waals surface area contributed by atoms with E-state index in [2.05, 4.69) is 40.8 Å². The van der Waals surface area contributed by atoms with Gasteiger partial charge in [0.2, 0.25) is 0 Å². The standard InChI is InChI=1S/C14H20N4S/c1-14(2,3)13-16-11(10-19-13)7-17-8-12(9-17)18-6-4-5-15-18/h4-6,10,12H,7-9H2,1-3H3. The fraction of sp³-hybridized carbons (Fsp3) is 0.571. The van der Waals surface area contributed by atoms with Crippen molar-refractivity contribution >= 4 is 11.3 Å². The molecule has 0 spiro atoms. The average molecular weight is 276 g/mol. The minimum absolute atomic E-state index is 0.162. The lowest BCUT2D eigenvalue weighted by atomic mass is 9.98. The second kappa shape index (κ2) is 4.72. The summed E-state index contributed by atoms with van der Waals surface area (Å²) in [6.07, 6.45) is 3.89. The van der Waals surface area contributed by atoms with Crippen molar-refractivity contribution in [1.29, 1.82) is 0 Å². The van der Waals surface area contributed by atoms with Gasteiger partial charge in [0.15, 0.2) is 0 Å². The number of likely N-dealkylation sites (tertiary alicyclic amines) is 1. The number of aromatic nitrogens is 3. The van der Waals surface area contributed by atoms with Crippen LogP contribution < -0.4 is 0 Å². The van der Waals surface area contributed by atoms with Gasteiger partial charge in [-0.15, -0.1) is 11.3 Å². The molecule has 4 nitrogen and oxygen atoms in total. The maximum atomic E-state index is 4.75. The molecule has 0 aromatic carbocycles. The Kier molecular flexibility index (Phi) is 3.19. The Morgan fingerprint density at radius 3 is 2.74 bits per heavy atom. The first kappa shape index (κ1) is 12.8. The summed E-state index contributed by atoms with van der Waals surface area (Å²) in [5, 5.41) is 7.72. The summed E-state index contributed by atoms with van der Waals surface area (Å²) in [5.41, 5.74) is 1.36. The van der Waals surface area contributed by atoms with Crippen LogP contribution in [0.4, 0.5) is 0 Å². The lowest BCUT2D eigenvalue weighted by molar-refractivity contribution is 0.0897. The van der Waals surface area contributed by atoms with Crippen molar-refractivity contribution in [2.45, 2.75) is 38.8 Å². The Bertz CT molecular complexity index is 532. The van der Waals surface area contributed by atoms with Crippen LogP contribution in [0.25, 0.3) is 0 Å². The predicted octanol–water partition coefficient (Wildman–Crippen LogP) is 2.69. The number of thiazole rings is 1. The number of hydrogen-bond donors (Lipinski definition) is 0. The van der Waals surface area contributed by atoms with Gasteiger partial charge in [0.1, 0.15) is 0 Å². The Labute approximate surface area is 118 Å². The van der Waals surface area contributed by atoms with E-state index in [4.69, 9.17) is 4.98 Å². The zero-order valence-corrected chi connectivity index (χ0v) is 12.5. The summed E-state index contributed by atoms with van der Waals surface area (Å²) in [4.78, 5) is 7.17. The lowest BCUT2D eigenvalue weighted by Gasteiger charge is -2.38.